The summed E-state index contributed by atoms with van der Waals surface area (Å²) in [6.45, 7) is 5.74. The molecular weight excluding hydrogens is 200 g/mol. The normalized spacial score (nSPS) is 15.2. The van der Waals surface area contributed by atoms with E-state index in [2.05, 4.69) is 14.9 Å². The maximum Gasteiger partial charge on any atom is 0.147 e. The predicted octanol–water partition coefficient (Wildman–Crippen LogP) is 1.41. The molecule has 0 bridgehead atoms. The summed E-state index contributed by atoms with van der Waals surface area (Å²) in [5.41, 5.74) is 7.60. The molecule has 1 aliphatic carbocycles. The first-order valence-electron chi connectivity index (χ1n) is 5.99. The number of anilines is 1. The molecule has 0 saturated heterocycles. The number of hydrogen-bond acceptors (Lipinski definition) is 4. The van der Waals surface area contributed by atoms with Gasteiger partial charge in [-0.1, -0.05) is 0 Å². The maximum atomic E-state index is 5.57. The molecule has 88 valence electrons. The van der Waals surface area contributed by atoms with Crippen LogP contribution >= 0.6 is 0 Å². The molecule has 0 unspecified atom stereocenters. The van der Waals surface area contributed by atoms with Crippen molar-refractivity contribution in [2.75, 3.05) is 18.0 Å². The number of nitrogens with two attached hydrogens (primary N) is 1. The first kappa shape index (κ1) is 11.3. The van der Waals surface area contributed by atoms with Crippen LogP contribution in [0, 0.1) is 13.8 Å². The van der Waals surface area contributed by atoms with Crippen molar-refractivity contribution in [1.82, 2.24) is 9.97 Å². The van der Waals surface area contributed by atoms with Crippen molar-refractivity contribution in [2.24, 2.45) is 5.73 Å². The Balaban J connectivity index is 2.14. The van der Waals surface area contributed by atoms with E-state index in [4.69, 9.17) is 5.73 Å². The van der Waals surface area contributed by atoms with Crippen molar-refractivity contribution < 1.29 is 0 Å². The Bertz CT molecular complexity index is 360. The van der Waals surface area contributed by atoms with E-state index < -0.39 is 0 Å². The fourth-order valence-electron chi connectivity index (χ4n) is 1.80. The van der Waals surface area contributed by atoms with Crippen LogP contribution < -0.4 is 10.6 Å². The Morgan fingerprint density at radius 2 is 2.12 bits per heavy atom. The summed E-state index contributed by atoms with van der Waals surface area (Å²) < 4.78 is 0. The minimum Gasteiger partial charge on any atom is -0.352 e. The van der Waals surface area contributed by atoms with Gasteiger partial charge in [0.25, 0.3) is 0 Å². The molecular formula is C12H20N4. The van der Waals surface area contributed by atoms with Crippen molar-refractivity contribution in [3.05, 3.63) is 17.6 Å². The van der Waals surface area contributed by atoms with Crippen LogP contribution in [-0.2, 0) is 0 Å². The van der Waals surface area contributed by atoms with E-state index in [1.165, 1.54) is 12.8 Å². The van der Waals surface area contributed by atoms with Crippen molar-refractivity contribution in [1.29, 1.82) is 0 Å². The molecule has 1 aliphatic rings. The van der Waals surface area contributed by atoms with Gasteiger partial charge < -0.3 is 10.6 Å². The zero-order valence-corrected chi connectivity index (χ0v) is 10.1. The topological polar surface area (TPSA) is 55.0 Å². The summed E-state index contributed by atoms with van der Waals surface area (Å²) in [7, 11) is 0. The van der Waals surface area contributed by atoms with Gasteiger partial charge in [-0.2, -0.15) is 0 Å². The highest BCUT2D eigenvalue weighted by atomic mass is 15.2. The van der Waals surface area contributed by atoms with Gasteiger partial charge in [0.05, 0.1) is 17.6 Å². The van der Waals surface area contributed by atoms with Crippen LogP contribution in [0.15, 0.2) is 6.20 Å². The molecule has 1 aromatic heterocycles. The lowest BCUT2D eigenvalue weighted by atomic mass is 10.3. The zero-order chi connectivity index (χ0) is 11.5. The highest BCUT2D eigenvalue weighted by Gasteiger charge is 2.29. The molecule has 0 spiro atoms. The van der Waals surface area contributed by atoms with Gasteiger partial charge in [0.1, 0.15) is 5.82 Å². The molecule has 0 aliphatic heterocycles. The molecule has 1 saturated carbocycles. The van der Waals surface area contributed by atoms with Crippen LogP contribution in [0.4, 0.5) is 5.82 Å². The Morgan fingerprint density at radius 1 is 1.38 bits per heavy atom. The van der Waals surface area contributed by atoms with Crippen molar-refractivity contribution in [3.8, 4) is 0 Å². The molecule has 2 rings (SSSR count). The Labute approximate surface area is 96.9 Å². The van der Waals surface area contributed by atoms with Crippen LogP contribution in [0.25, 0.3) is 0 Å². The van der Waals surface area contributed by atoms with E-state index in [1.807, 2.05) is 20.0 Å². The minimum absolute atomic E-state index is 0.669. The van der Waals surface area contributed by atoms with E-state index in [-0.39, 0.29) is 0 Å². The molecule has 2 N–H and O–H groups in total. The summed E-state index contributed by atoms with van der Waals surface area (Å²) in [5.74, 6) is 1.01. The second-order valence-electron chi connectivity index (χ2n) is 4.47. The molecule has 4 nitrogen and oxygen atoms in total. The van der Waals surface area contributed by atoms with E-state index in [9.17, 15) is 0 Å². The third-order valence-electron chi connectivity index (χ3n) is 3.06. The van der Waals surface area contributed by atoms with Gasteiger partial charge in [-0.25, -0.2) is 4.98 Å². The molecule has 4 heteroatoms. The third-order valence-corrected chi connectivity index (χ3v) is 3.06. The van der Waals surface area contributed by atoms with Crippen molar-refractivity contribution >= 4 is 5.82 Å². The first-order valence-corrected chi connectivity index (χ1v) is 5.99. The standard InChI is InChI=1S/C12H20N4/c1-9-10(2)15-12(8-14-9)16(7-3-6-13)11-4-5-11/h8,11H,3-7,13H2,1-2H3. The second-order valence-corrected chi connectivity index (χ2v) is 4.47. The lowest BCUT2D eigenvalue weighted by molar-refractivity contribution is 0.718. The van der Waals surface area contributed by atoms with Crippen molar-refractivity contribution in [2.45, 2.75) is 39.2 Å². The van der Waals surface area contributed by atoms with Gasteiger partial charge in [0, 0.05) is 12.6 Å². The van der Waals surface area contributed by atoms with Crippen LogP contribution in [-0.4, -0.2) is 29.1 Å². The number of nitrogens with zero attached hydrogens (tertiary/aromatic N) is 3. The molecule has 1 fully saturated rings. The lowest BCUT2D eigenvalue weighted by Crippen LogP contribution is -2.29. The largest absolute Gasteiger partial charge is 0.352 e. The third kappa shape index (κ3) is 2.50. The van der Waals surface area contributed by atoms with E-state index in [0.717, 1.165) is 36.7 Å². The summed E-state index contributed by atoms with van der Waals surface area (Å²) in [6, 6.07) is 0.669. The summed E-state index contributed by atoms with van der Waals surface area (Å²) >= 11 is 0. The van der Waals surface area contributed by atoms with Crippen molar-refractivity contribution in [3.63, 3.8) is 0 Å². The van der Waals surface area contributed by atoms with Gasteiger partial charge in [0.15, 0.2) is 0 Å². The van der Waals surface area contributed by atoms with Gasteiger partial charge in [0.2, 0.25) is 0 Å². The van der Waals surface area contributed by atoms with Crippen LogP contribution in [0.2, 0.25) is 0 Å². The quantitative estimate of drug-likeness (QED) is 0.815. The molecule has 1 heterocycles. The Morgan fingerprint density at radius 3 is 2.69 bits per heavy atom. The highest BCUT2D eigenvalue weighted by Crippen LogP contribution is 2.30. The van der Waals surface area contributed by atoms with Gasteiger partial charge in [-0.3, -0.25) is 4.98 Å². The number of hydrogen-bond donors (Lipinski definition) is 1. The SMILES string of the molecule is Cc1ncc(N(CCCN)C2CC2)nc1C. The second kappa shape index (κ2) is 4.78. The van der Waals surface area contributed by atoms with Crippen LogP contribution in [0.1, 0.15) is 30.7 Å². The fourth-order valence-corrected chi connectivity index (χ4v) is 1.80. The van der Waals surface area contributed by atoms with E-state index in [1.54, 1.807) is 0 Å². The number of aryl methyl sites for hydroxylation is 2. The Hall–Kier alpha value is -1.16. The molecule has 0 aromatic carbocycles. The zero-order valence-electron chi connectivity index (χ0n) is 10.1. The van der Waals surface area contributed by atoms with Gasteiger partial charge >= 0.3 is 0 Å². The van der Waals surface area contributed by atoms with Gasteiger partial charge in [-0.05, 0) is 39.7 Å². The summed E-state index contributed by atoms with van der Waals surface area (Å²) in [6.07, 6.45) is 5.46. The first-order chi connectivity index (χ1) is 7.72. The van der Waals surface area contributed by atoms with E-state index >= 15 is 0 Å². The smallest absolute Gasteiger partial charge is 0.147 e. The van der Waals surface area contributed by atoms with E-state index in [0.29, 0.717) is 6.04 Å². The monoisotopic (exact) mass is 220 g/mol. The number of rotatable bonds is 5. The fraction of sp³-hybridized carbons (Fsp3) is 0.667. The highest BCUT2D eigenvalue weighted by molar-refractivity contribution is 5.40. The molecule has 0 atom stereocenters. The molecule has 0 amide bonds. The van der Waals surface area contributed by atoms with Crippen LogP contribution in [0.5, 0.6) is 0 Å². The lowest BCUT2D eigenvalue weighted by Gasteiger charge is -2.23. The maximum absolute atomic E-state index is 5.57. The number of aromatic nitrogens is 2. The molecule has 1 aromatic rings. The van der Waals surface area contributed by atoms with Crippen LogP contribution in [0.3, 0.4) is 0 Å². The minimum atomic E-state index is 0.669. The average molecular weight is 220 g/mol. The average Bonchev–Trinajstić information content (AvgIpc) is 3.08. The molecule has 16 heavy (non-hydrogen) atoms. The predicted molar refractivity (Wildman–Crippen MR) is 65.5 cm³/mol. The Kier molecular flexibility index (Phi) is 3.39. The molecule has 0 radical (unpaired) electrons. The summed E-state index contributed by atoms with van der Waals surface area (Å²) in [5, 5.41) is 0. The van der Waals surface area contributed by atoms with Gasteiger partial charge in [-0.15, -0.1) is 0 Å². The summed E-state index contributed by atoms with van der Waals surface area (Å²) in [4.78, 5) is 11.3.